The topological polar surface area (TPSA) is 49.8 Å². The molecule has 8 heteroatoms. The van der Waals surface area contributed by atoms with Gasteiger partial charge < -0.3 is 18.9 Å². The molecule has 6 rings (SSSR count). The number of ether oxygens (including phenoxy) is 4. The molecule has 0 bridgehead atoms. The Bertz CT molecular complexity index is 1460. The van der Waals surface area contributed by atoms with Gasteiger partial charge >= 0.3 is 0 Å². The summed E-state index contributed by atoms with van der Waals surface area (Å²) in [6, 6.07) is 18.7. The Hall–Kier alpha value is -2.46. The standard InChI is InChI=1S/C29H24ClFINO4/c30-24-14-26-17(12-25(24)31)4-6-20(33-26)16-35-21-7-9-27-23(13-21)29(37-28-3-1-2-10-34-28)22-8-5-19(32)11-18(22)15-36-27/h4-9,11-14,28-29H,1-3,10,15-16H2. The zero-order chi connectivity index (χ0) is 25.4. The molecule has 1 aromatic heterocycles. The van der Waals surface area contributed by atoms with Crippen molar-refractivity contribution in [3.8, 4) is 11.5 Å². The minimum absolute atomic E-state index is 0.0479. The maximum absolute atomic E-state index is 13.8. The summed E-state index contributed by atoms with van der Waals surface area (Å²) in [7, 11) is 0. The van der Waals surface area contributed by atoms with Crippen LogP contribution in [-0.4, -0.2) is 17.9 Å². The first-order valence-corrected chi connectivity index (χ1v) is 13.7. The van der Waals surface area contributed by atoms with Crippen LogP contribution in [0, 0.1) is 9.39 Å². The molecule has 0 radical (unpaired) electrons. The normalized spacial score (nSPS) is 19.0. The van der Waals surface area contributed by atoms with Crippen LogP contribution in [0.4, 0.5) is 4.39 Å². The second kappa shape index (κ2) is 10.7. The minimum atomic E-state index is -0.459. The number of benzene rings is 3. The lowest BCUT2D eigenvalue weighted by molar-refractivity contribution is -0.181. The van der Waals surface area contributed by atoms with Crippen LogP contribution in [0.2, 0.25) is 5.02 Å². The molecule has 2 atom stereocenters. The lowest BCUT2D eigenvalue weighted by Crippen LogP contribution is -2.25. The smallest absolute Gasteiger partial charge is 0.158 e. The van der Waals surface area contributed by atoms with Gasteiger partial charge in [0, 0.05) is 21.1 Å². The van der Waals surface area contributed by atoms with Crippen LogP contribution in [0.25, 0.3) is 10.9 Å². The molecule has 0 saturated carbocycles. The summed E-state index contributed by atoms with van der Waals surface area (Å²) >= 11 is 8.26. The first-order valence-electron chi connectivity index (χ1n) is 12.2. The summed E-state index contributed by atoms with van der Waals surface area (Å²) in [5, 5.41) is 0.734. The van der Waals surface area contributed by atoms with Crippen molar-refractivity contribution in [3.63, 3.8) is 0 Å². The Morgan fingerprint density at radius 2 is 1.95 bits per heavy atom. The van der Waals surface area contributed by atoms with Crippen LogP contribution in [-0.2, 0) is 22.7 Å². The van der Waals surface area contributed by atoms with Crippen molar-refractivity contribution in [1.82, 2.24) is 4.98 Å². The van der Waals surface area contributed by atoms with Gasteiger partial charge in [0.2, 0.25) is 0 Å². The van der Waals surface area contributed by atoms with Crippen LogP contribution in [0.5, 0.6) is 11.5 Å². The maximum atomic E-state index is 13.8. The van der Waals surface area contributed by atoms with Crippen LogP contribution in [0.1, 0.15) is 47.8 Å². The van der Waals surface area contributed by atoms with E-state index in [0.717, 1.165) is 45.3 Å². The molecule has 2 unspecified atom stereocenters. The molecule has 0 aliphatic carbocycles. The third-order valence-corrected chi connectivity index (χ3v) is 7.60. The Morgan fingerprint density at radius 1 is 1.03 bits per heavy atom. The fourth-order valence-electron chi connectivity index (χ4n) is 4.75. The number of hydrogen-bond acceptors (Lipinski definition) is 5. The molecule has 2 aliphatic rings. The third-order valence-electron chi connectivity index (χ3n) is 6.64. The van der Waals surface area contributed by atoms with Gasteiger partial charge in [-0.2, -0.15) is 0 Å². The first-order chi connectivity index (χ1) is 18.0. The van der Waals surface area contributed by atoms with E-state index in [-0.39, 0.29) is 24.0 Å². The molecular weight excluding hydrogens is 608 g/mol. The van der Waals surface area contributed by atoms with Crippen LogP contribution in [0.15, 0.2) is 60.7 Å². The second-order valence-electron chi connectivity index (χ2n) is 9.19. The van der Waals surface area contributed by atoms with Crippen molar-refractivity contribution in [2.75, 3.05) is 6.61 Å². The van der Waals surface area contributed by atoms with Crippen LogP contribution >= 0.6 is 34.2 Å². The number of halogens is 3. The van der Waals surface area contributed by atoms with E-state index < -0.39 is 5.82 Å². The molecule has 3 aromatic carbocycles. The molecular formula is C29H24ClFINO4. The summed E-state index contributed by atoms with van der Waals surface area (Å²) in [6.45, 7) is 1.42. The Morgan fingerprint density at radius 3 is 2.81 bits per heavy atom. The van der Waals surface area contributed by atoms with E-state index in [9.17, 15) is 4.39 Å². The van der Waals surface area contributed by atoms with E-state index in [2.05, 4.69) is 45.8 Å². The van der Waals surface area contributed by atoms with Crippen molar-refractivity contribution in [3.05, 3.63) is 97.5 Å². The Balaban J connectivity index is 1.29. The Kier molecular flexibility index (Phi) is 7.20. The van der Waals surface area contributed by atoms with Gasteiger partial charge in [-0.05, 0) is 102 Å². The van der Waals surface area contributed by atoms with Gasteiger partial charge in [0.25, 0.3) is 0 Å². The van der Waals surface area contributed by atoms with E-state index in [1.165, 1.54) is 12.1 Å². The molecule has 3 heterocycles. The van der Waals surface area contributed by atoms with Gasteiger partial charge in [0.1, 0.15) is 36.6 Å². The van der Waals surface area contributed by atoms with Crippen molar-refractivity contribution in [2.45, 2.75) is 44.9 Å². The van der Waals surface area contributed by atoms with E-state index in [0.29, 0.717) is 35.6 Å². The zero-order valence-electron chi connectivity index (χ0n) is 19.9. The van der Waals surface area contributed by atoms with E-state index in [1.54, 1.807) is 0 Å². The third kappa shape index (κ3) is 5.41. The largest absolute Gasteiger partial charge is 0.488 e. The van der Waals surface area contributed by atoms with Crippen molar-refractivity contribution in [2.24, 2.45) is 0 Å². The number of rotatable bonds is 5. The number of hydrogen-bond donors (Lipinski definition) is 0. The van der Waals surface area contributed by atoms with Gasteiger partial charge in [-0.1, -0.05) is 23.7 Å². The summed E-state index contributed by atoms with van der Waals surface area (Å²) in [5.74, 6) is 0.979. The monoisotopic (exact) mass is 631 g/mol. The predicted molar refractivity (Wildman–Crippen MR) is 147 cm³/mol. The lowest BCUT2D eigenvalue weighted by Gasteiger charge is -2.29. The fourth-order valence-corrected chi connectivity index (χ4v) is 5.46. The van der Waals surface area contributed by atoms with E-state index >= 15 is 0 Å². The molecule has 5 nitrogen and oxygen atoms in total. The molecule has 0 N–H and O–H groups in total. The summed E-state index contributed by atoms with van der Waals surface area (Å²) < 4.78 is 39.7. The summed E-state index contributed by atoms with van der Waals surface area (Å²) in [5.41, 5.74) is 4.41. The van der Waals surface area contributed by atoms with Crippen LogP contribution < -0.4 is 9.47 Å². The number of nitrogens with zero attached hydrogens (tertiary/aromatic N) is 1. The van der Waals surface area contributed by atoms with Crippen molar-refractivity contribution in [1.29, 1.82) is 0 Å². The maximum Gasteiger partial charge on any atom is 0.158 e. The van der Waals surface area contributed by atoms with Crippen LogP contribution in [0.3, 0.4) is 0 Å². The average Bonchev–Trinajstić information content (AvgIpc) is 3.05. The van der Waals surface area contributed by atoms with Gasteiger partial charge in [0.15, 0.2) is 6.29 Å². The zero-order valence-corrected chi connectivity index (χ0v) is 22.8. The average molecular weight is 632 g/mol. The highest BCUT2D eigenvalue weighted by molar-refractivity contribution is 14.1. The number of aromatic nitrogens is 1. The van der Waals surface area contributed by atoms with Gasteiger partial charge in [-0.15, -0.1) is 0 Å². The van der Waals surface area contributed by atoms with Crippen molar-refractivity contribution >= 4 is 45.1 Å². The molecule has 0 spiro atoms. The summed E-state index contributed by atoms with van der Waals surface area (Å²) in [6.07, 6.45) is 2.40. The predicted octanol–water partition coefficient (Wildman–Crippen LogP) is 7.74. The number of pyridine rings is 1. The summed E-state index contributed by atoms with van der Waals surface area (Å²) in [4.78, 5) is 4.58. The van der Waals surface area contributed by atoms with Gasteiger partial charge in [0.05, 0.1) is 16.2 Å². The lowest BCUT2D eigenvalue weighted by atomic mass is 9.97. The highest BCUT2D eigenvalue weighted by Crippen LogP contribution is 2.42. The fraction of sp³-hybridized carbons (Fsp3) is 0.276. The first kappa shape index (κ1) is 24.9. The highest BCUT2D eigenvalue weighted by Gasteiger charge is 2.30. The highest BCUT2D eigenvalue weighted by atomic mass is 127. The Labute approximate surface area is 233 Å². The van der Waals surface area contributed by atoms with Gasteiger partial charge in [-0.3, -0.25) is 0 Å². The molecule has 1 saturated heterocycles. The SMILES string of the molecule is Fc1cc2ccc(COc3ccc4c(c3)C(OC3CCCCO3)c3ccc(I)cc3CO4)nc2cc1Cl. The molecule has 4 aromatic rings. The van der Waals surface area contributed by atoms with Crippen molar-refractivity contribution < 1.29 is 23.3 Å². The molecule has 190 valence electrons. The molecule has 37 heavy (non-hydrogen) atoms. The molecule has 1 fully saturated rings. The molecule has 0 amide bonds. The quantitative estimate of drug-likeness (QED) is 0.211. The number of fused-ring (bicyclic) bond motifs is 3. The molecule has 2 aliphatic heterocycles. The second-order valence-corrected chi connectivity index (χ2v) is 10.8. The van der Waals surface area contributed by atoms with E-state index in [4.69, 9.17) is 30.5 Å². The van der Waals surface area contributed by atoms with E-state index in [1.807, 2.05) is 30.3 Å². The van der Waals surface area contributed by atoms with Gasteiger partial charge in [-0.25, -0.2) is 9.37 Å². The minimum Gasteiger partial charge on any atom is -0.488 e.